The number of hydrogen-bond acceptors (Lipinski definition) is 7. The summed E-state index contributed by atoms with van der Waals surface area (Å²) >= 11 is 1.54. The number of thiazole rings is 1. The number of fused-ring (bicyclic) bond motifs is 1. The van der Waals surface area contributed by atoms with Crippen molar-refractivity contribution in [2.45, 2.75) is 13.5 Å². The predicted molar refractivity (Wildman–Crippen MR) is 123 cm³/mol. The number of nitrogens with one attached hydrogen (secondary N) is 2. The lowest BCUT2D eigenvalue weighted by Crippen LogP contribution is -2.39. The third-order valence-corrected chi connectivity index (χ3v) is 5.89. The molecule has 166 valence electrons. The molecule has 0 radical (unpaired) electrons. The van der Waals surface area contributed by atoms with E-state index in [1.54, 1.807) is 36.4 Å². The number of carbonyl (C=O) groups excluding carboxylic acids is 1. The van der Waals surface area contributed by atoms with Gasteiger partial charge in [0.2, 0.25) is 6.79 Å². The van der Waals surface area contributed by atoms with E-state index in [1.165, 1.54) is 11.3 Å². The van der Waals surface area contributed by atoms with E-state index >= 15 is 0 Å². The zero-order valence-electron chi connectivity index (χ0n) is 17.5. The number of aromatic amines is 1. The van der Waals surface area contributed by atoms with Gasteiger partial charge in [-0.25, -0.2) is 9.78 Å². The van der Waals surface area contributed by atoms with Gasteiger partial charge in [-0.05, 0) is 36.8 Å². The Labute approximate surface area is 191 Å². The summed E-state index contributed by atoms with van der Waals surface area (Å²) in [6.07, 6.45) is 1.13. The Kier molecular flexibility index (Phi) is 5.27. The van der Waals surface area contributed by atoms with Crippen LogP contribution in [0, 0.1) is 6.92 Å². The fraction of sp³-hybridized carbons (Fsp3) is 0.130. The van der Waals surface area contributed by atoms with Crippen molar-refractivity contribution >= 4 is 22.9 Å². The van der Waals surface area contributed by atoms with Crippen LogP contribution in [0.2, 0.25) is 0 Å². The summed E-state index contributed by atoms with van der Waals surface area (Å²) in [7, 11) is 0. The standard InChI is InChI=1S/C23H18N4O5S/c1-13-25-18(11-33-13)15-3-2-4-16(8-15)26-21(28)17-9-24-23(30)27(22(17)29)10-14-5-6-19-20(7-14)32-12-31-19/h2-9,11H,10,12H2,1H3,(H,24,30)(H,26,28). The number of carbonyl (C=O) groups is 1. The van der Waals surface area contributed by atoms with E-state index in [0.29, 0.717) is 22.7 Å². The van der Waals surface area contributed by atoms with Gasteiger partial charge in [-0.3, -0.25) is 14.2 Å². The number of aryl methyl sites for hydroxylation is 1. The lowest BCUT2D eigenvalue weighted by Gasteiger charge is -2.09. The average Bonchev–Trinajstić information content (AvgIpc) is 3.45. The third-order valence-electron chi connectivity index (χ3n) is 5.12. The fourth-order valence-electron chi connectivity index (χ4n) is 3.49. The van der Waals surface area contributed by atoms with Crippen molar-refractivity contribution < 1.29 is 14.3 Å². The fourth-order valence-corrected chi connectivity index (χ4v) is 4.11. The van der Waals surface area contributed by atoms with Gasteiger partial charge in [0.25, 0.3) is 11.5 Å². The molecular weight excluding hydrogens is 444 g/mol. The minimum absolute atomic E-state index is 0.0232. The number of nitrogens with zero attached hydrogens (tertiary/aromatic N) is 2. The average molecular weight is 462 g/mol. The topological polar surface area (TPSA) is 115 Å². The number of benzene rings is 2. The third kappa shape index (κ3) is 4.15. The van der Waals surface area contributed by atoms with Crippen molar-refractivity contribution in [3.63, 3.8) is 0 Å². The van der Waals surface area contributed by atoms with Crippen LogP contribution in [-0.2, 0) is 6.54 Å². The second kappa shape index (κ2) is 8.40. The largest absolute Gasteiger partial charge is 0.454 e. The number of anilines is 1. The van der Waals surface area contributed by atoms with Crippen LogP contribution in [0.4, 0.5) is 5.69 Å². The van der Waals surface area contributed by atoms with Gasteiger partial charge in [0.1, 0.15) is 5.56 Å². The predicted octanol–water partition coefficient (Wildman–Crippen LogP) is 3.00. The molecule has 0 aliphatic carbocycles. The van der Waals surface area contributed by atoms with E-state index in [-0.39, 0.29) is 18.9 Å². The molecule has 0 bridgehead atoms. The van der Waals surface area contributed by atoms with Gasteiger partial charge in [0.05, 0.1) is 17.2 Å². The molecule has 2 aromatic carbocycles. The number of hydrogen-bond donors (Lipinski definition) is 2. The summed E-state index contributed by atoms with van der Waals surface area (Å²) in [5.41, 5.74) is 1.34. The quantitative estimate of drug-likeness (QED) is 0.471. The van der Waals surface area contributed by atoms with Crippen LogP contribution in [0.5, 0.6) is 11.5 Å². The van der Waals surface area contributed by atoms with Crippen molar-refractivity contribution in [1.82, 2.24) is 14.5 Å². The van der Waals surface area contributed by atoms with Crippen LogP contribution >= 0.6 is 11.3 Å². The van der Waals surface area contributed by atoms with E-state index in [2.05, 4.69) is 15.3 Å². The van der Waals surface area contributed by atoms with Gasteiger partial charge in [-0.15, -0.1) is 11.3 Å². The molecule has 0 saturated heterocycles. The highest BCUT2D eigenvalue weighted by Gasteiger charge is 2.18. The van der Waals surface area contributed by atoms with Crippen LogP contribution in [-0.4, -0.2) is 27.2 Å². The highest BCUT2D eigenvalue weighted by Crippen LogP contribution is 2.32. The second-order valence-electron chi connectivity index (χ2n) is 7.37. The molecule has 1 aliphatic rings. The molecule has 2 aromatic heterocycles. The van der Waals surface area contributed by atoms with Crippen molar-refractivity contribution in [3.05, 3.63) is 91.0 Å². The maximum atomic E-state index is 13.0. The summed E-state index contributed by atoms with van der Waals surface area (Å²) in [6.45, 7) is 2.02. The van der Waals surface area contributed by atoms with Crippen LogP contribution < -0.4 is 26.0 Å². The number of rotatable bonds is 5. The smallest absolute Gasteiger partial charge is 0.328 e. The van der Waals surface area contributed by atoms with Crippen LogP contribution in [0.3, 0.4) is 0 Å². The Hall–Kier alpha value is -4.18. The summed E-state index contributed by atoms with van der Waals surface area (Å²) in [6, 6.07) is 12.3. The molecule has 9 nitrogen and oxygen atoms in total. The molecule has 33 heavy (non-hydrogen) atoms. The van der Waals surface area contributed by atoms with Crippen LogP contribution in [0.25, 0.3) is 11.3 Å². The maximum Gasteiger partial charge on any atom is 0.328 e. The summed E-state index contributed by atoms with van der Waals surface area (Å²) in [5.74, 6) is 0.520. The molecule has 0 spiro atoms. The highest BCUT2D eigenvalue weighted by atomic mass is 32.1. The Bertz CT molecular complexity index is 1490. The Morgan fingerprint density at radius 2 is 2.03 bits per heavy atom. The molecule has 2 N–H and O–H groups in total. The Morgan fingerprint density at radius 3 is 2.85 bits per heavy atom. The van der Waals surface area contributed by atoms with Gasteiger partial charge in [0, 0.05) is 22.8 Å². The monoisotopic (exact) mass is 462 g/mol. The van der Waals surface area contributed by atoms with E-state index < -0.39 is 17.2 Å². The zero-order chi connectivity index (χ0) is 22.9. The molecule has 4 aromatic rings. The summed E-state index contributed by atoms with van der Waals surface area (Å²) in [5, 5.41) is 5.60. The Balaban J connectivity index is 1.40. The first-order valence-electron chi connectivity index (χ1n) is 10.0. The van der Waals surface area contributed by atoms with E-state index in [9.17, 15) is 14.4 Å². The first-order chi connectivity index (χ1) is 16.0. The first-order valence-corrected chi connectivity index (χ1v) is 10.9. The van der Waals surface area contributed by atoms with Gasteiger partial charge in [-0.1, -0.05) is 18.2 Å². The second-order valence-corrected chi connectivity index (χ2v) is 8.44. The summed E-state index contributed by atoms with van der Waals surface area (Å²) in [4.78, 5) is 45.1. The Morgan fingerprint density at radius 1 is 1.18 bits per heavy atom. The van der Waals surface area contributed by atoms with Gasteiger partial charge in [-0.2, -0.15) is 0 Å². The molecule has 10 heteroatoms. The SMILES string of the molecule is Cc1nc(-c2cccc(NC(=O)c3c[nH]c(=O)n(Cc4ccc5c(c4)OCO5)c3=O)c2)cs1. The van der Waals surface area contributed by atoms with Gasteiger partial charge in [0.15, 0.2) is 11.5 Å². The molecule has 0 unspecified atom stereocenters. The number of H-pyrrole nitrogens is 1. The van der Waals surface area contributed by atoms with Crippen molar-refractivity contribution in [1.29, 1.82) is 0 Å². The minimum atomic E-state index is -0.694. The van der Waals surface area contributed by atoms with Crippen molar-refractivity contribution in [2.24, 2.45) is 0 Å². The molecule has 3 heterocycles. The number of amides is 1. The zero-order valence-corrected chi connectivity index (χ0v) is 18.3. The maximum absolute atomic E-state index is 13.0. The first kappa shape index (κ1) is 20.7. The lowest BCUT2D eigenvalue weighted by molar-refractivity contribution is 0.102. The lowest BCUT2D eigenvalue weighted by atomic mass is 10.1. The molecule has 0 atom stereocenters. The van der Waals surface area contributed by atoms with E-state index in [0.717, 1.165) is 27.0 Å². The van der Waals surface area contributed by atoms with Gasteiger partial charge >= 0.3 is 5.69 Å². The van der Waals surface area contributed by atoms with Crippen LogP contribution in [0.15, 0.2) is 63.6 Å². The molecular formula is C23H18N4O5S. The molecule has 0 saturated carbocycles. The van der Waals surface area contributed by atoms with Gasteiger partial charge < -0.3 is 19.8 Å². The molecule has 5 rings (SSSR count). The van der Waals surface area contributed by atoms with Crippen LogP contribution in [0.1, 0.15) is 20.9 Å². The van der Waals surface area contributed by atoms with E-state index in [4.69, 9.17) is 9.47 Å². The molecule has 0 fully saturated rings. The molecule has 1 amide bonds. The van der Waals surface area contributed by atoms with Crippen molar-refractivity contribution in [3.8, 4) is 22.8 Å². The number of ether oxygens (including phenoxy) is 2. The van der Waals surface area contributed by atoms with E-state index in [1.807, 2.05) is 18.4 Å². The summed E-state index contributed by atoms with van der Waals surface area (Å²) < 4.78 is 11.6. The number of aromatic nitrogens is 3. The minimum Gasteiger partial charge on any atom is -0.454 e. The van der Waals surface area contributed by atoms with Crippen molar-refractivity contribution in [2.75, 3.05) is 12.1 Å². The normalized spacial score (nSPS) is 12.0. The highest BCUT2D eigenvalue weighted by molar-refractivity contribution is 7.09. The molecule has 1 aliphatic heterocycles.